The second kappa shape index (κ2) is 8.14. The molecule has 0 aromatic rings. The molecular weight excluding hydrogens is 368 g/mol. The number of carbonyl (C=O) groups excluding carboxylic acids is 1. The van der Waals surface area contributed by atoms with Crippen molar-refractivity contribution in [3.63, 3.8) is 0 Å². The van der Waals surface area contributed by atoms with Crippen LogP contribution in [0.25, 0.3) is 0 Å². The van der Waals surface area contributed by atoms with Crippen molar-refractivity contribution in [3.8, 4) is 0 Å². The molecule has 0 heterocycles. The number of hydrogen-bond donors (Lipinski definition) is 0. The van der Waals surface area contributed by atoms with E-state index in [0.29, 0.717) is 22.7 Å². The molecule has 0 aromatic carbocycles. The van der Waals surface area contributed by atoms with Crippen LogP contribution in [0.2, 0.25) is 0 Å². The molecule has 3 fully saturated rings. The fraction of sp³-hybridized carbons (Fsp3) is 0.821. The topological polar surface area (TPSA) is 26.3 Å². The van der Waals surface area contributed by atoms with Gasteiger partial charge in [0.2, 0.25) is 0 Å². The van der Waals surface area contributed by atoms with Crippen molar-refractivity contribution in [2.45, 2.75) is 99.0 Å². The van der Waals surface area contributed by atoms with Gasteiger partial charge < -0.3 is 4.74 Å². The Morgan fingerprint density at radius 2 is 1.83 bits per heavy atom. The maximum atomic E-state index is 11.5. The molecular formula is C28H44O2. The lowest BCUT2D eigenvalue weighted by Gasteiger charge is -2.58. The van der Waals surface area contributed by atoms with Crippen LogP contribution in [0.4, 0.5) is 0 Å². The lowest BCUT2D eigenvalue weighted by atomic mass is 9.47. The molecule has 4 rings (SSSR count). The number of esters is 1. The van der Waals surface area contributed by atoms with E-state index in [1.807, 2.05) is 0 Å². The Kier molecular flexibility index (Phi) is 6.01. The minimum atomic E-state index is -0.121. The molecule has 30 heavy (non-hydrogen) atoms. The maximum absolute atomic E-state index is 11.5. The summed E-state index contributed by atoms with van der Waals surface area (Å²) in [5.41, 5.74) is 2.45. The van der Waals surface area contributed by atoms with Gasteiger partial charge in [-0.05, 0) is 91.3 Å². The van der Waals surface area contributed by atoms with Gasteiger partial charge >= 0.3 is 5.97 Å². The summed E-state index contributed by atoms with van der Waals surface area (Å²) in [7, 11) is 0. The Bertz CT molecular complexity index is 718. The number of allylic oxidation sites excluding steroid dienone is 3. The monoisotopic (exact) mass is 412 g/mol. The molecule has 0 spiro atoms. The SMILES string of the molecule is CC(=O)OC1CCC2(C)C(=CCC3C2CCC2(C)C(C(C)C=CC(C)C)CCC32)C1. The third-order valence-corrected chi connectivity index (χ3v) is 9.90. The Labute approximate surface area is 184 Å². The fourth-order valence-corrected chi connectivity index (χ4v) is 8.40. The standard InChI is InChI=1S/C28H44O2/c1-18(2)7-8-19(3)24-11-12-25-23-10-9-21-17-22(30-20(4)29)13-15-27(21,5)26(23)14-16-28(24,25)6/h7-9,18-19,22-26H,10-17H2,1-6H3. The van der Waals surface area contributed by atoms with Gasteiger partial charge in [0.25, 0.3) is 0 Å². The molecule has 168 valence electrons. The Balaban J connectivity index is 1.53. The van der Waals surface area contributed by atoms with Crippen LogP contribution in [0.1, 0.15) is 92.9 Å². The minimum Gasteiger partial charge on any atom is -0.462 e. The number of fused-ring (bicyclic) bond motifs is 5. The van der Waals surface area contributed by atoms with Crippen LogP contribution in [0.5, 0.6) is 0 Å². The van der Waals surface area contributed by atoms with E-state index in [0.717, 1.165) is 36.5 Å². The molecule has 0 aromatic heterocycles. The van der Waals surface area contributed by atoms with Crippen LogP contribution in [0, 0.1) is 46.3 Å². The minimum absolute atomic E-state index is 0.108. The van der Waals surface area contributed by atoms with Gasteiger partial charge in [-0.3, -0.25) is 4.79 Å². The quantitative estimate of drug-likeness (QED) is 0.356. The molecule has 8 atom stereocenters. The molecule has 0 N–H and O–H groups in total. The average molecular weight is 413 g/mol. The van der Waals surface area contributed by atoms with Crippen LogP contribution in [0.15, 0.2) is 23.8 Å². The summed E-state index contributed by atoms with van der Waals surface area (Å²) in [6.07, 6.45) is 17.7. The smallest absolute Gasteiger partial charge is 0.302 e. The highest BCUT2D eigenvalue weighted by Crippen LogP contribution is 2.67. The Morgan fingerprint density at radius 3 is 2.53 bits per heavy atom. The van der Waals surface area contributed by atoms with Crippen LogP contribution in [0.3, 0.4) is 0 Å². The molecule has 0 saturated heterocycles. The van der Waals surface area contributed by atoms with E-state index in [1.165, 1.54) is 38.5 Å². The summed E-state index contributed by atoms with van der Waals surface area (Å²) in [6, 6.07) is 0. The van der Waals surface area contributed by atoms with Crippen LogP contribution in [-0.4, -0.2) is 12.1 Å². The molecule has 2 nitrogen and oxygen atoms in total. The van der Waals surface area contributed by atoms with Crippen LogP contribution >= 0.6 is 0 Å². The first kappa shape index (κ1) is 22.2. The predicted octanol–water partition coefficient (Wildman–Crippen LogP) is 7.35. The van der Waals surface area contributed by atoms with E-state index in [1.54, 1.807) is 12.5 Å². The summed E-state index contributed by atoms with van der Waals surface area (Å²) in [6.45, 7) is 13.8. The van der Waals surface area contributed by atoms with Crippen molar-refractivity contribution < 1.29 is 9.53 Å². The van der Waals surface area contributed by atoms with Crippen molar-refractivity contribution in [3.05, 3.63) is 23.8 Å². The Morgan fingerprint density at radius 1 is 1.07 bits per heavy atom. The molecule has 0 amide bonds. The first-order chi connectivity index (χ1) is 14.1. The zero-order valence-electron chi connectivity index (χ0n) is 20.2. The highest BCUT2D eigenvalue weighted by Gasteiger charge is 2.59. The van der Waals surface area contributed by atoms with Crippen molar-refractivity contribution in [1.82, 2.24) is 0 Å². The number of rotatable bonds is 4. The van der Waals surface area contributed by atoms with Gasteiger partial charge in [-0.2, -0.15) is 0 Å². The van der Waals surface area contributed by atoms with Gasteiger partial charge in [-0.1, -0.05) is 58.4 Å². The summed E-state index contributed by atoms with van der Waals surface area (Å²) in [4.78, 5) is 11.5. The van der Waals surface area contributed by atoms with Gasteiger partial charge in [-0.25, -0.2) is 0 Å². The largest absolute Gasteiger partial charge is 0.462 e. The second-order valence-electron chi connectivity index (χ2n) is 11.9. The van der Waals surface area contributed by atoms with Gasteiger partial charge in [0.15, 0.2) is 0 Å². The normalized spacial score (nSPS) is 44.2. The van der Waals surface area contributed by atoms with Crippen molar-refractivity contribution in [1.29, 1.82) is 0 Å². The summed E-state index contributed by atoms with van der Waals surface area (Å²) in [5.74, 6) is 4.64. The highest BCUT2D eigenvalue weighted by atomic mass is 16.5. The molecule has 0 radical (unpaired) electrons. The third kappa shape index (κ3) is 3.71. The van der Waals surface area contributed by atoms with Gasteiger partial charge in [-0.15, -0.1) is 0 Å². The van der Waals surface area contributed by atoms with E-state index >= 15 is 0 Å². The fourth-order valence-electron chi connectivity index (χ4n) is 8.40. The maximum Gasteiger partial charge on any atom is 0.302 e. The Hall–Kier alpha value is -1.05. The number of hydrogen-bond acceptors (Lipinski definition) is 2. The van der Waals surface area contributed by atoms with Crippen LogP contribution < -0.4 is 0 Å². The van der Waals surface area contributed by atoms with Gasteiger partial charge in [0.05, 0.1) is 0 Å². The van der Waals surface area contributed by atoms with Crippen molar-refractivity contribution >= 4 is 5.97 Å². The van der Waals surface area contributed by atoms with E-state index in [4.69, 9.17) is 4.74 Å². The average Bonchev–Trinajstić information content (AvgIpc) is 3.03. The third-order valence-electron chi connectivity index (χ3n) is 9.90. The van der Waals surface area contributed by atoms with E-state index in [9.17, 15) is 4.79 Å². The van der Waals surface area contributed by atoms with E-state index in [-0.39, 0.29) is 12.1 Å². The summed E-state index contributed by atoms with van der Waals surface area (Å²) < 4.78 is 5.60. The van der Waals surface area contributed by atoms with E-state index < -0.39 is 0 Å². The number of ether oxygens (including phenoxy) is 1. The molecule has 2 heteroatoms. The zero-order valence-corrected chi connectivity index (χ0v) is 20.2. The van der Waals surface area contributed by atoms with Crippen molar-refractivity contribution in [2.75, 3.05) is 0 Å². The molecule has 0 aliphatic heterocycles. The van der Waals surface area contributed by atoms with Crippen molar-refractivity contribution in [2.24, 2.45) is 46.3 Å². The lowest BCUT2D eigenvalue weighted by Crippen LogP contribution is -2.51. The van der Waals surface area contributed by atoms with Crippen LogP contribution in [-0.2, 0) is 9.53 Å². The first-order valence-corrected chi connectivity index (χ1v) is 12.7. The zero-order chi connectivity index (χ0) is 21.7. The molecule has 3 saturated carbocycles. The molecule has 0 bridgehead atoms. The second-order valence-corrected chi connectivity index (χ2v) is 11.9. The molecule has 4 aliphatic rings. The number of carbonyl (C=O) groups is 1. The summed E-state index contributed by atoms with van der Waals surface area (Å²) >= 11 is 0. The highest BCUT2D eigenvalue weighted by molar-refractivity contribution is 5.66. The first-order valence-electron chi connectivity index (χ1n) is 12.7. The van der Waals surface area contributed by atoms with Gasteiger partial charge in [0, 0.05) is 13.3 Å². The van der Waals surface area contributed by atoms with Gasteiger partial charge in [0.1, 0.15) is 6.10 Å². The molecule has 4 aliphatic carbocycles. The summed E-state index contributed by atoms with van der Waals surface area (Å²) in [5, 5.41) is 0. The lowest BCUT2D eigenvalue weighted by molar-refractivity contribution is -0.148. The molecule has 8 unspecified atom stereocenters. The predicted molar refractivity (Wildman–Crippen MR) is 124 cm³/mol. The van der Waals surface area contributed by atoms with E-state index in [2.05, 4.69) is 52.8 Å².